The summed E-state index contributed by atoms with van der Waals surface area (Å²) >= 11 is 0. The molecule has 1 atom stereocenters. The molecule has 110 valence electrons. The maximum Gasteiger partial charge on any atom is 0.217 e. The second-order valence-corrected chi connectivity index (χ2v) is 4.96. The van der Waals surface area contributed by atoms with Crippen molar-refractivity contribution in [3.8, 4) is 11.3 Å². The Morgan fingerprint density at radius 3 is 2.76 bits per heavy atom. The summed E-state index contributed by atoms with van der Waals surface area (Å²) in [7, 11) is 1.70. The van der Waals surface area contributed by atoms with E-state index in [2.05, 4.69) is 16.4 Å². The topological polar surface area (TPSA) is 51.2 Å². The van der Waals surface area contributed by atoms with Crippen molar-refractivity contribution in [3.63, 3.8) is 0 Å². The van der Waals surface area contributed by atoms with Crippen LogP contribution in [0, 0.1) is 0 Å². The summed E-state index contributed by atoms with van der Waals surface area (Å²) in [6.45, 7) is 4.02. The summed E-state index contributed by atoms with van der Waals surface area (Å²) in [5.41, 5.74) is 4.07. The average Bonchev–Trinajstić information content (AvgIpc) is 2.52. The Morgan fingerprint density at radius 2 is 2.14 bits per heavy atom. The first-order chi connectivity index (χ1) is 10.1. The number of pyridine rings is 1. The molecule has 4 heteroatoms. The summed E-state index contributed by atoms with van der Waals surface area (Å²) in [6.07, 6.45) is 1.85. The Morgan fingerprint density at radius 1 is 1.33 bits per heavy atom. The molecule has 0 aliphatic heterocycles. The third kappa shape index (κ3) is 4.13. The number of carbonyl (C=O) groups is 1. The fourth-order valence-corrected chi connectivity index (χ4v) is 2.01. The van der Waals surface area contributed by atoms with Gasteiger partial charge >= 0.3 is 0 Å². The number of hydrogen-bond acceptors (Lipinski definition) is 3. The number of nitrogens with one attached hydrogen (secondary N) is 1. The molecule has 21 heavy (non-hydrogen) atoms. The van der Waals surface area contributed by atoms with Crippen molar-refractivity contribution in [2.45, 2.75) is 26.5 Å². The van der Waals surface area contributed by atoms with E-state index in [-0.39, 0.29) is 12.0 Å². The minimum atomic E-state index is -0.0414. The monoisotopic (exact) mass is 284 g/mol. The van der Waals surface area contributed by atoms with Gasteiger partial charge in [0, 0.05) is 32.3 Å². The standard InChI is InChI=1S/C17H20N2O2/c1-12(21-3)15-5-4-6-16(9-15)17-8-7-14(11-19-17)10-18-13(2)20/h4-9,11-12H,10H2,1-3H3,(H,18,20)/t12-/m0/s1. The van der Waals surface area contributed by atoms with Crippen LogP contribution in [-0.2, 0) is 16.1 Å². The van der Waals surface area contributed by atoms with Gasteiger partial charge in [-0.1, -0.05) is 24.3 Å². The fourth-order valence-electron chi connectivity index (χ4n) is 2.01. The van der Waals surface area contributed by atoms with Gasteiger partial charge in [0.25, 0.3) is 0 Å². The van der Waals surface area contributed by atoms with Crippen LogP contribution < -0.4 is 5.32 Å². The molecule has 0 radical (unpaired) electrons. The predicted octanol–water partition coefficient (Wildman–Crippen LogP) is 3.09. The quantitative estimate of drug-likeness (QED) is 0.918. The molecular formula is C17H20N2O2. The van der Waals surface area contributed by atoms with Gasteiger partial charge in [-0.3, -0.25) is 9.78 Å². The highest BCUT2D eigenvalue weighted by molar-refractivity contribution is 5.72. The van der Waals surface area contributed by atoms with Crippen LogP contribution in [0.2, 0.25) is 0 Å². The van der Waals surface area contributed by atoms with Gasteiger partial charge in [-0.2, -0.15) is 0 Å². The van der Waals surface area contributed by atoms with Crippen molar-refractivity contribution < 1.29 is 9.53 Å². The molecule has 1 amide bonds. The number of methoxy groups -OCH3 is 1. The van der Waals surface area contributed by atoms with E-state index in [1.807, 2.05) is 37.3 Å². The minimum Gasteiger partial charge on any atom is -0.377 e. The number of carbonyl (C=O) groups excluding carboxylic acids is 1. The van der Waals surface area contributed by atoms with Gasteiger partial charge in [-0.25, -0.2) is 0 Å². The number of ether oxygens (including phenoxy) is 1. The van der Waals surface area contributed by atoms with Crippen LogP contribution in [-0.4, -0.2) is 18.0 Å². The average molecular weight is 284 g/mol. The summed E-state index contributed by atoms with van der Waals surface area (Å²) in [4.78, 5) is 15.4. The first-order valence-corrected chi connectivity index (χ1v) is 6.92. The van der Waals surface area contributed by atoms with Gasteiger partial charge in [0.2, 0.25) is 5.91 Å². The maximum absolute atomic E-state index is 10.9. The summed E-state index contributed by atoms with van der Waals surface area (Å²) in [5.74, 6) is -0.0414. The summed E-state index contributed by atoms with van der Waals surface area (Å²) in [5, 5.41) is 2.76. The maximum atomic E-state index is 10.9. The molecule has 2 rings (SSSR count). The predicted molar refractivity (Wildman–Crippen MR) is 82.6 cm³/mol. The third-order valence-corrected chi connectivity index (χ3v) is 3.37. The third-order valence-electron chi connectivity index (χ3n) is 3.37. The Hall–Kier alpha value is -2.20. The number of hydrogen-bond donors (Lipinski definition) is 1. The Labute approximate surface area is 125 Å². The highest BCUT2D eigenvalue weighted by Gasteiger charge is 2.06. The minimum absolute atomic E-state index is 0.0414. The van der Waals surface area contributed by atoms with E-state index in [0.717, 1.165) is 22.4 Å². The Kier molecular flexibility index (Phi) is 5.06. The van der Waals surface area contributed by atoms with Crippen molar-refractivity contribution in [1.29, 1.82) is 0 Å². The van der Waals surface area contributed by atoms with Crippen LogP contribution in [0.3, 0.4) is 0 Å². The smallest absolute Gasteiger partial charge is 0.217 e. The molecule has 0 unspecified atom stereocenters. The van der Waals surface area contributed by atoms with E-state index in [9.17, 15) is 4.79 Å². The molecular weight excluding hydrogens is 264 g/mol. The molecule has 4 nitrogen and oxygen atoms in total. The number of rotatable bonds is 5. The molecule has 0 aliphatic rings. The normalized spacial score (nSPS) is 12.0. The lowest BCUT2D eigenvalue weighted by Gasteiger charge is -2.11. The zero-order valence-corrected chi connectivity index (χ0v) is 12.6. The first-order valence-electron chi connectivity index (χ1n) is 6.92. The molecule has 0 aliphatic carbocycles. The molecule has 1 N–H and O–H groups in total. The van der Waals surface area contributed by atoms with E-state index >= 15 is 0 Å². The van der Waals surface area contributed by atoms with Gasteiger partial charge in [0.1, 0.15) is 0 Å². The molecule has 1 aromatic heterocycles. The van der Waals surface area contributed by atoms with Crippen molar-refractivity contribution in [3.05, 3.63) is 53.7 Å². The fraction of sp³-hybridized carbons (Fsp3) is 0.294. The van der Waals surface area contributed by atoms with Crippen molar-refractivity contribution in [1.82, 2.24) is 10.3 Å². The lowest BCUT2D eigenvalue weighted by atomic mass is 10.0. The molecule has 0 saturated heterocycles. The van der Waals surface area contributed by atoms with Crippen LogP contribution in [0.25, 0.3) is 11.3 Å². The van der Waals surface area contributed by atoms with Crippen LogP contribution in [0.15, 0.2) is 42.6 Å². The van der Waals surface area contributed by atoms with Gasteiger partial charge in [0.15, 0.2) is 0 Å². The second-order valence-electron chi connectivity index (χ2n) is 4.96. The SMILES string of the molecule is CO[C@@H](C)c1cccc(-c2ccc(CNC(C)=O)cn2)c1. The van der Waals surface area contributed by atoms with Crippen LogP contribution in [0.1, 0.15) is 31.1 Å². The zero-order valence-electron chi connectivity index (χ0n) is 12.6. The van der Waals surface area contributed by atoms with Crippen molar-refractivity contribution in [2.75, 3.05) is 7.11 Å². The van der Waals surface area contributed by atoms with Crippen LogP contribution in [0.5, 0.6) is 0 Å². The molecule has 1 heterocycles. The Balaban J connectivity index is 2.16. The van der Waals surface area contributed by atoms with Crippen LogP contribution in [0.4, 0.5) is 0 Å². The zero-order chi connectivity index (χ0) is 15.2. The van der Waals surface area contributed by atoms with Gasteiger partial charge < -0.3 is 10.1 Å². The van der Waals surface area contributed by atoms with Gasteiger partial charge in [-0.05, 0) is 30.2 Å². The second kappa shape index (κ2) is 6.99. The highest BCUT2D eigenvalue weighted by atomic mass is 16.5. The van der Waals surface area contributed by atoms with E-state index in [1.165, 1.54) is 6.92 Å². The van der Waals surface area contributed by atoms with E-state index < -0.39 is 0 Å². The number of aromatic nitrogens is 1. The van der Waals surface area contributed by atoms with Crippen molar-refractivity contribution >= 4 is 5.91 Å². The number of amides is 1. The molecule has 0 bridgehead atoms. The number of benzene rings is 1. The largest absolute Gasteiger partial charge is 0.377 e. The van der Waals surface area contributed by atoms with Crippen LogP contribution >= 0.6 is 0 Å². The summed E-state index contributed by atoms with van der Waals surface area (Å²) in [6, 6.07) is 12.1. The molecule has 0 saturated carbocycles. The highest BCUT2D eigenvalue weighted by Crippen LogP contribution is 2.23. The first kappa shape index (κ1) is 15.2. The van der Waals surface area contributed by atoms with E-state index in [4.69, 9.17) is 4.74 Å². The molecule has 1 aromatic carbocycles. The lowest BCUT2D eigenvalue weighted by molar-refractivity contribution is -0.119. The molecule has 0 spiro atoms. The lowest BCUT2D eigenvalue weighted by Crippen LogP contribution is -2.18. The van der Waals surface area contributed by atoms with Crippen molar-refractivity contribution in [2.24, 2.45) is 0 Å². The number of nitrogens with zero attached hydrogens (tertiary/aromatic N) is 1. The van der Waals surface area contributed by atoms with Gasteiger partial charge in [0.05, 0.1) is 11.8 Å². The summed E-state index contributed by atoms with van der Waals surface area (Å²) < 4.78 is 5.34. The molecule has 0 fully saturated rings. The van der Waals surface area contributed by atoms with Gasteiger partial charge in [-0.15, -0.1) is 0 Å². The van der Waals surface area contributed by atoms with E-state index in [1.54, 1.807) is 13.3 Å². The molecule has 2 aromatic rings. The van der Waals surface area contributed by atoms with E-state index in [0.29, 0.717) is 6.54 Å². The Bertz CT molecular complexity index is 608.